The standard InChI is InChI=1S/C21H21NO3/c1-14-12-22(13-15(2)25-14)21(23)19-5-3-4-16(11-19)17-6-7-20-18(10-17)8-9-24-20/h3-11,14-15H,12-13H2,1-2H3/t14-,15+. The predicted octanol–water partition coefficient (Wildman–Crippen LogP) is 4.35. The molecule has 1 amide bonds. The first kappa shape index (κ1) is 15.9. The Kier molecular flexibility index (Phi) is 4.06. The van der Waals surface area contributed by atoms with Crippen molar-refractivity contribution >= 4 is 16.9 Å². The average Bonchev–Trinajstić information content (AvgIpc) is 3.08. The van der Waals surface area contributed by atoms with Gasteiger partial charge in [0.05, 0.1) is 18.5 Å². The first-order valence-electron chi connectivity index (χ1n) is 8.62. The SMILES string of the molecule is C[C@@H]1CN(C(=O)c2cccc(-c3ccc4occc4c3)c2)C[C@H](C)O1. The largest absolute Gasteiger partial charge is 0.464 e. The zero-order valence-corrected chi connectivity index (χ0v) is 14.4. The van der Waals surface area contributed by atoms with Gasteiger partial charge in [-0.1, -0.05) is 18.2 Å². The van der Waals surface area contributed by atoms with Crippen LogP contribution in [0.15, 0.2) is 59.2 Å². The number of ether oxygens (including phenoxy) is 1. The van der Waals surface area contributed by atoms with Crippen LogP contribution in [0.2, 0.25) is 0 Å². The molecule has 0 saturated carbocycles. The molecule has 3 aromatic rings. The molecule has 1 aliphatic heterocycles. The smallest absolute Gasteiger partial charge is 0.254 e. The Morgan fingerprint density at radius 1 is 1.00 bits per heavy atom. The molecule has 25 heavy (non-hydrogen) atoms. The van der Waals surface area contributed by atoms with Crippen LogP contribution in [0, 0.1) is 0 Å². The molecule has 4 rings (SSSR count). The van der Waals surface area contributed by atoms with E-state index in [2.05, 4.69) is 6.07 Å². The van der Waals surface area contributed by atoms with Crippen LogP contribution in [0.3, 0.4) is 0 Å². The van der Waals surface area contributed by atoms with Gasteiger partial charge >= 0.3 is 0 Å². The van der Waals surface area contributed by atoms with Crippen LogP contribution < -0.4 is 0 Å². The highest BCUT2D eigenvalue weighted by Crippen LogP contribution is 2.26. The Bertz CT molecular complexity index is 904. The molecule has 0 bridgehead atoms. The molecule has 0 radical (unpaired) electrons. The van der Waals surface area contributed by atoms with E-state index in [0.717, 1.165) is 22.1 Å². The molecule has 0 unspecified atom stereocenters. The van der Waals surface area contributed by atoms with E-state index < -0.39 is 0 Å². The van der Waals surface area contributed by atoms with E-state index in [1.165, 1.54) is 0 Å². The molecule has 1 saturated heterocycles. The van der Waals surface area contributed by atoms with Crippen molar-refractivity contribution in [3.63, 3.8) is 0 Å². The Morgan fingerprint density at radius 3 is 2.56 bits per heavy atom. The minimum atomic E-state index is 0.0632. The number of hydrogen-bond donors (Lipinski definition) is 0. The zero-order chi connectivity index (χ0) is 17.4. The number of morpholine rings is 1. The molecule has 0 aliphatic carbocycles. The molecule has 0 N–H and O–H groups in total. The van der Waals surface area contributed by atoms with Crippen molar-refractivity contribution in [2.45, 2.75) is 26.1 Å². The van der Waals surface area contributed by atoms with Gasteiger partial charge in [-0.05, 0) is 55.3 Å². The second-order valence-corrected chi connectivity index (χ2v) is 6.72. The van der Waals surface area contributed by atoms with Crippen LogP contribution >= 0.6 is 0 Å². The minimum absolute atomic E-state index is 0.0632. The summed E-state index contributed by atoms with van der Waals surface area (Å²) in [6, 6.07) is 15.8. The first-order chi connectivity index (χ1) is 12.1. The van der Waals surface area contributed by atoms with E-state index in [0.29, 0.717) is 18.7 Å². The number of fused-ring (bicyclic) bond motifs is 1. The minimum Gasteiger partial charge on any atom is -0.464 e. The molecule has 1 aliphatic rings. The highest BCUT2D eigenvalue weighted by molar-refractivity contribution is 5.96. The molecule has 128 valence electrons. The van der Waals surface area contributed by atoms with Crippen LogP contribution in [-0.2, 0) is 4.74 Å². The quantitative estimate of drug-likeness (QED) is 0.699. The summed E-state index contributed by atoms with van der Waals surface area (Å²) in [4.78, 5) is 14.8. The summed E-state index contributed by atoms with van der Waals surface area (Å²) in [5, 5.41) is 1.06. The first-order valence-corrected chi connectivity index (χ1v) is 8.62. The highest BCUT2D eigenvalue weighted by Gasteiger charge is 2.26. The summed E-state index contributed by atoms with van der Waals surface area (Å²) in [5.41, 5.74) is 3.69. The number of hydrogen-bond acceptors (Lipinski definition) is 3. The normalized spacial score (nSPS) is 20.8. The van der Waals surface area contributed by atoms with Crippen LogP contribution in [0.25, 0.3) is 22.1 Å². The third kappa shape index (κ3) is 3.17. The maximum Gasteiger partial charge on any atom is 0.254 e. The second-order valence-electron chi connectivity index (χ2n) is 6.72. The van der Waals surface area contributed by atoms with Gasteiger partial charge in [0.2, 0.25) is 0 Å². The maximum atomic E-state index is 12.9. The Balaban J connectivity index is 1.63. The topological polar surface area (TPSA) is 42.7 Å². The summed E-state index contributed by atoms with van der Waals surface area (Å²) >= 11 is 0. The van der Waals surface area contributed by atoms with Crippen LogP contribution in [0.4, 0.5) is 0 Å². The molecular formula is C21H21NO3. The van der Waals surface area contributed by atoms with Gasteiger partial charge in [-0.3, -0.25) is 4.79 Å². The molecule has 1 fully saturated rings. The molecule has 4 heteroatoms. The molecule has 2 heterocycles. The third-order valence-electron chi connectivity index (χ3n) is 4.60. The summed E-state index contributed by atoms with van der Waals surface area (Å²) in [5.74, 6) is 0.0632. The fourth-order valence-corrected chi connectivity index (χ4v) is 3.50. The Morgan fingerprint density at radius 2 is 1.76 bits per heavy atom. The van der Waals surface area contributed by atoms with E-state index in [-0.39, 0.29) is 18.1 Å². The summed E-state index contributed by atoms with van der Waals surface area (Å²) in [6.45, 7) is 5.28. The van der Waals surface area contributed by atoms with Crippen molar-refractivity contribution in [3.05, 3.63) is 60.4 Å². The predicted molar refractivity (Wildman–Crippen MR) is 97.6 cm³/mol. The van der Waals surface area contributed by atoms with Crippen molar-refractivity contribution < 1.29 is 13.9 Å². The van der Waals surface area contributed by atoms with Gasteiger partial charge in [-0.15, -0.1) is 0 Å². The van der Waals surface area contributed by atoms with Crippen LogP contribution in [0.1, 0.15) is 24.2 Å². The Labute approximate surface area is 147 Å². The molecular weight excluding hydrogens is 314 g/mol. The van der Waals surface area contributed by atoms with Gasteiger partial charge < -0.3 is 14.1 Å². The van der Waals surface area contributed by atoms with Gasteiger partial charge in [-0.2, -0.15) is 0 Å². The van der Waals surface area contributed by atoms with Crippen LogP contribution in [0.5, 0.6) is 0 Å². The third-order valence-corrected chi connectivity index (χ3v) is 4.60. The highest BCUT2D eigenvalue weighted by atomic mass is 16.5. The Hall–Kier alpha value is -2.59. The van der Waals surface area contributed by atoms with Crippen molar-refractivity contribution in [3.8, 4) is 11.1 Å². The van der Waals surface area contributed by atoms with E-state index in [4.69, 9.17) is 9.15 Å². The lowest BCUT2D eigenvalue weighted by molar-refractivity contribution is -0.0586. The van der Waals surface area contributed by atoms with Crippen molar-refractivity contribution in [1.82, 2.24) is 4.90 Å². The van der Waals surface area contributed by atoms with Crippen molar-refractivity contribution in [2.24, 2.45) is 0 Å². The number of amides is 1. The molecule has 2 atom stereocenters. The van der Waals surface area contributed by atoms with Gasteiger partial charge in [-0.25, -0.2) is 0 Å². The monoisotopic (exact) mass is 335 g/mol. The molecule has 2 aromatic carbocycles. The van der Waals surface area contributed by atoms with E-state index in [1.54, 1.807) is 6.26 Å². The van der Waals surface area contributed by atoms with E-state index in [9.17, 15) is 4.79 Å². The number of rotatable bonds is 2. The number of furan rings is 1. The average molecular weight is 335 g/mol. The fraction of sp³-hybridized carbons (Fsp3) is 0.286. The van der Waals surface area contributed by atoms with E-state index in [1.807, 2.05) is 61.2 Å². The number of carbonyl (C=O) groups is 1. The molecule has 1 aromatic heterocycles. The maximum absolute atomic E-state index is 12.9. The summed E-state index contributed by atoms with van der Waals surface area (Å²) in [7, 11) is 0. The number of carbonyl (C=O) groups excluding carboxylic acids is 1. The fourth-order valence-electron chi connectivity index (χ4n) is 3.50. The lowest BCUT2D eigenvalue weighted by atomic mass is 10.0. The van der Waals surface area contributed by atoms with Crippen LogP contribution in [-0.4, -0.2) is 36.1 Å². The lowest BCUT2D eigenvalue weighted by Gasteiger charge is -2.35. The van der Waals surface area contributed by atoms with Crippen molar-refractivity contribution in [2.75, 3.05) is 13.1 Å². The van der Waals surface area contributed by atoms with Gasteiger partial charge in [0.15, 0.2) is 0 Å². The van der Waals surface area contributed by atoms with Gasteiger partial charge in [0, 0.05) is 24.0 Å². The molecule has 4 nitrogen and oxygen atoms in total. The summed E-state index contributed by atoms with van der Waals surface area (Å²) < 4.78 is 11.1. The summed E-state index contributed by atoms with van der Waals surface area (Å²) in [6.07, 6.45) is 1.83. The second kappa shape index (κ2) is 6.37. The zero-order valence-electron chi connectivity index (χ0n) is 14.4. The van der Waals surface area contributed by atoms with Gasteiger partial charge in [0.1, 0.15) is 5.58 Å². The van der Waals surface area contributed by atoms with Gasteiger partial charge in [0.25, 0.3) is 5.91 Å². The van der Waals surface area contributed by atoms with Crippen molar-refractivity contribution in [1.29, 1.82) is 0 Å². The van der Waals surface area contributed by atoms with E-state index >= 15 is 0 Å². The number of nitrogens with zero attached hydrogens (tertiary/aromatic N) is 1. The molecule has 0 spiro atoms. The lowest BCUT2D eigenvalue weighted by Crippen LogP contribution is -2.48. The number of benzene rings is 2.